The number of methoxy groups -OCH3 is 1. The lowest BCUT2D eigenvalue weighted by Crippen LogP contribution is -2.19. The zero-order valence-corrected chi connectivity index (χ0v) is 10.3. The van der Waals surface area contributed by atoms with Crippen molar-refractivity contribution in [3.63, 3.8) is 0 Å². The number of carbonyl (C=O) groups is 1. The molecule has 0 unspecified atom stereocenters. The molecule has 4 heteroatoms. The molecule has 0 atom stereocenters. The van der Waals surface area contributed by atoms with Gasteiger partial charge in [0.05, 0.1) is 13.3 Å². The molecular formula is C12H18N2O2. The summed E-state index contributed by atoms with van der Waals surface area (Å²) < 4.78 is 6.97. The summed E-state index contributed by atoms with van der Waals surface area (Å²) >= 11 is 0. The van der Waals surface area contributed by atoms with Gasteiger partial charge < -0.3 is 4.74 Å². The molecule has 1 heterocycles. The fourth-order valence-electron chi connectivity index (χ4n) is 1.80. The SMILES string of the molecule is COc1cnn(C(C)C)c1C(=O)C1(C)CC1. The second kappa shape index (κ2) is 3.61. The van der Waals surface area contributed by atoms with Crippen LogP contribution < -0.4 is 4.74 Å². The van der Waals surface area contributed by atoms with Gasteiger partial charge in [-0.05, 0) is 26.7 Å². The van der Waals surface area contributed by atoms with Crippen LogP contribution in [0.4, 0.5) is 0 Å². The van der Waals surface area contributed by atoms with E-state index in [0.717, 1.165) is 12.8 Å². The largest absolute Gasteiger partial charge is 0.493 e. The third-order valence-corrected chi connectivity index (χ3v) is 3.23. The second-order valence-electron chi connectivity index (χ2n) is 4.99. The number of aromatic nitrogens is 2. The summed E-state index contributed by atoms with van der Waals surface area (Å²) in [5.74, 6) is 0.752. The highest BCUT2D eigenvalue weighted by molar-refractivity contribution is 6.02. The van der Waals surface area contributed by atoms with Crippen LogP contribution in [0.1, 0.15) is 50.1 Å². The van der Waals surface area contributed by atoms with Crippen molar-refractivity contribution in [2.24, 2.45) is 5.41 Å². The van der Waals surface area contributed by atoms with Crippen molar-refractivity contribution in [3.8, 4) is 5.75 Å². The molecule has 16 heavy (non-hydrogen) atoms. The van der Waals surface area contributed by atoms with Gasteiger partial charge in [0, 0.05) is 11.5 Å². The Morgan fingerprint density at radius 2 is 2.19 bits per heavy atom. The van der Waals surface area contributed by atoms with Crippen LogP contribution in [-0.4, -0.2) is 22.7 Å². The Kier molecular flexibility index (Phi) is 2.52. The number of ether oxygens (including phenoxy) is 1. The molecule has 2 rings (SSSR count). The Morgan fingerprint density at radius 1 is 1.56 bits per heavy atom. The fourth-order valence-corrected chi connectivity index (χ4v) is 1.80. The summed E-state index contributed by atoms with van der Waals surface area (Å²) in [6, 6.07) is 0.171. The molecule has 0 spiro atoms. The van der Waals surface area contributed by atoms with Gasteiger partial charge in [0.15, 0.2) is 11.5 Å². The smallest absolute Gasteiger partial charge is 0.190 e. The molecule has 1 aliphatic rings. The lowest BCUT2D eigenvalue weighted by atomic mass is 10.0. The summed E-state index contributed by atoms with van der Waals surface area (Å²) in [6.07, 6.45) is 3.56. The summed E-state index contributed by atoms with van der Waals surface area (Å²) in [7, 11) is 1.58. The van der Waals surface area contributed by atoms with Crippen molar-refractivity contribution >= 4 is 5.78 Å². The minimum absolute atomic E-state index is 0.163. The van der Waals surface area contributed by atoms with Gasteiger partial charge in [0.2, 0.25) is 0 Å². The Morgan fingerprint density at radius 3 is 2.62 bits per heavy atom. The van der Waals surface area contributed by atoms with Crippen LogP contribution in [0.2, 0.25) is 0 Å². The molecule has 0 aliphatic heterocycles. The van der Waals surface area contributed by atoms with E-state index in [1.165, 1.54) is 0 Å². The number of Topliss-reactive ketones (excluding diaryl/α,β-unsaturated/α-hetero) is 1. The molecule has 88 valence electrons. The highest BCUT2D eigenvalue weighted by Gasteiger charge is 2.47. The normalized spacial score (nSPS) is 17.6. The van der Waals surface area contributed by atoms with Crippen LogP contribution >= 0.6 is 0 Å². The summed E-state index contributed by atoms with van der Waals surface area (Å²) in [6.45, 7) is 6.03. The third-order valence-electron chi connectivity index (χ3n) is 3.23. The van der Waals surface area contributed by atoms with E-state index in [4.69, 9.17) is 4.74 Å². The van der Waals surface area contributed by atoms with E-state index < -0.39 is 0 Å². The molecule has 1 aliphatic carbocycles. The van der Waals surface area contributed by atoms with Gasteiger partial charge in [-0.1, -0.05) is 6.92 Å². The lowest BCUT2D eigenvalue weighted by molar-refractivity contribution is 0.0896. The molecule has 1 aromatic heterocycles. The first-order valence-electron chi connectivity index (χ1n) is 5.66. The van der Waals surface area contributed by atoms with Gasteiger partial charge in [0.25, 0.3) is 0 Å². The van der Waals surface area contributed by atoms with Crippen molar-refractivity contribution in [3.05, 3.63) is 11.9 Å². The first-order valence-corrected chi connectivity index (χ1v) is 5.66. The van der Waals surface area contributed by atoms with Crippen molar-refractivity contribution in [2.75, 3.05) is 7.11 Å². The quantitative estimate of drug-likeness (QED) is 0.735. The van der Waals surface area contributed by atoms with Gasteiger partial charge in [-0.2, -0.15) is 5.10 Å². The van der Waals surface area contributed by atoms with E-state index >= 15 is 0 Å². The Balaban J connectivity index is 2.44. The first-order chi connectivity index (χ1) is 7.49. The first kappa shape index (κ1) is 11.2. The van der Waals surface area contributed by atoms with Crippen LogP contribution in [0.3, 0.4) is 0 Å². The molecule has 0 saturated heterocycles. The minimum Gasteiger partial charge on any atom is -0.493 e. The molecule has 0 aromatic carbocycles. The molecule has 0 radical (unpaired) electrons. The topological polar surface area (TPSA) is 44.1 Å². The lowest BCUT2D eigenvalue weighted by Gasteiger charge is -2.14. The Hall–Kier alpha value is -1.32. The number of hydrogen-bond acceptors (Lipinski definition) is 3. The molecule has 1 saturated carbocycles. The molecule has 0 bridgehead atoms. The molecule has 1 fully saturated rings. The van der Waals surface area contributed by atoms with Crippen LogP contribution in [-0.2, 0) is 0 Å². The summed E-state index contributed by atoms with van der Waals surface area (Å²) in [5, 5.41) is 4.22. The Labute approximate surface area is 95.6 Å². The van der Waals surface area contributed by atoms with Gasteiger partial charge >= 0.3 is 0 Å². The maximum Gasteiger partial charge on any atom is 0.190 e. The fraction of sp³-hybridized carbons (Fsp3) is 0.667. The second-order valence-corrected chi connectivity index (χ2v) is 4.99. The highest BCUT2D eigenvalue weighted by atomic mass is 16.5. The van der Waals surface area contributed by atoms with Crippen molar-refractivity contribution in [1.82, 2.24) is 9.78 Å². The van der Waals surface area contributed by atoms with E-state index in [9.17, 15) is 4.79 Å². The number of rotatable bonds is 4. The summed E-state index contributed by atoms with van der Waals surface area (Å²) in [4.78, 5) is 12.4. The van der Waals surface area contributed by atoms with Crippen LogP contribution in [0, 0.1) is 5.41 Å². The highest BCUT2D eigenvalue weighted by Crippen LogP contribution is 2.48. The van der Waals surface area contributed by atoms with Crippen molar-refractivity contribution < 1.29 is 9.53 Å². The van der Waals surface area contributed by atoms with E-state index in [1.54, 1.807) is 18.0 Å². The summed E-state index contributed by atoms with van der Waals surface area (Å²) in [5.41, 5.74) is 0.442. The van der Waals surface area contributed by atoms with Crippen LogP contribution in [0.25, 0.3) is 0 Å². The number of carbonyl (C=O) groups excluding carboxylic acids is 1. The number of nitrogens with zero attached hydrogens (tertiary/aromatic N) is 2. The van der Waals surface area contributed by atoms with Crippen molar-refractivity contribution in [2.45, 2.75) is 39.7 Å². The molecule has 0 N–H and O–H groups in total. The van der Waals surface area contributed by atoms with Gasteiger partial charge in [0.1, 0.15) is 5.69 Å². The standard InChI is InChI=1S/C12H18N2O2/c1-8(2)14-10(9(16-4)7-13-14)11(15)12(3)5-6-12/h7-8H,5-6H2,1-4H3. The average Bonchev–Trinajstić information content (AvgIpc) is 2.84. The predicted octanol–water partition coefficient (Wildman–Crippen LogP) is 2.46. The van der Waals surface area contributed by atoms with Crippen molar-refractivity contribution in [1.29, 1.82) is 0 Å². The number of hydrogen-bond donors (Lipinski definition) is 0. The number of ketones is 1. The minimum atomic E-state index is -0.181. The predicted molar refractivity (Wildman–Crippen MR) is 60.8 cm³/mol. The third kappa shape index (κ3) is 1.62. The molecular weight excluding hydrogens is 204 g/mol. The van der Waals surface area contributed by atoms with Gasteiger partial charge in [-0.25, -0.2) is 0 Å². The molecule has 4 nitrogen and oxygen atoms in total. The molecule has 0 amide bonds. The zero-order valence-electron chi connectivity index (χ0n) is 10.3. The maximum absolute atomic E-state index is 12.4. The van der Waals surface area contributed by atoms with Crippen LogP contribution in [0.5, 0.6) is 5.75 Å². The average molecular weight is 222 g/mol. The van der Waals surface area contributed by atoms with E-state index in [2.05, 4.69) is 5.10 Å². The maximum atomic E-state index is 12.4. The van der Waals surface area contributed by atoms with Gasteiger partial charge in [-0.15, -0.1) is 0 Å². The van der Waals surface area contributed by atoms with E-state index in [0.29, 0.717) is 11.4 Å². The van der Waals surface area contributed by atoms with Crippen LogP contribution in [0.15, 0.2) is 6.20 Å². The van der Waals surface area contributed by atoms with E-state index in [-0.39, 0.29) is 17.2 Å². The Bertz CT molecular complexity index is 417. The monoisotopic (exact) mass is 222 g/mol. The van der Waals surface area contributed by atoms with E-state index in [1.807, 2.05) is 20.8 Å². The molecule has 1 aromatic rings. The zero-order chi connectivity index (χ0) is 11.9. The van der Waals surface area contributed by atoms with Gasteiger partial charge in [-0.3, -0.25) is 9.48 Å².